The number of unbranched alkanes of at least 4 members (excludes halogenated alkanes) is 2. The van der Waals surface area contributed by atoms with E-state index in [1.54, 1.807) is 6.20 Å². The van der Waals surface area contributed by atoms with Crippen molar-refractivity contribution in [3.63, 3.8) is 0 Å². The second-order valence-electron chi connectivity index (χ2n) is 10.7. The summed E-state index contributed by atoms with van der Waals surface area (Å²) in [6.45, 7) is 1.90. The molecule has 204 valence electrons. The van der Waals surface area contributed by atoms with E-state index in [1.807, 2.05) is 55.6 Å². The van der Waals surface area contributed by atoms with Gasteiger partial charge in [0, 0.05) is 30.5 Å². The van der Waals surface area contributed by atoms with Gasteiger partial charge in [0.2, 0.25) is 5.91 Å². The summed E-state index contributed by atoms with van der Waals surface area (Å²) < 4.78 is 5.81. The minimum Gasteiger partial charge on any atom is -0.449 e. The normalized spacial score (nSPS) is 20.8. The highest BCUT2D eigenvalue weighted by Crippen LogP contribution is 2.47. The molecular formula is C31H36N4O4. The number of ketones is 1. The molecule has 2 aliphatic rings. The van der Waals surface area contributed by atoms with Gasteiger partial charge in [-0.15, -0.1) is 0 Å². The number of aromatic nitrogens is 3. The highest BCUT2D eigenvalue weighted by molar-refractivity contribution is 5.92. The van der Waals surface area contributed by atoms with E-state index in [1.165, 1.54) is 0 Å². The maximum atomic E-state index is 13.5. The Balaban J connectivity index is 1.24. The first-order chi connectivity index (χ1) is 19.0. The van der Waals surface area contributed by atoms with Crippen molar-refractivity contribution >= 4 is 17.7 Å². The molecule has 1 aliphatic carbocycles. The Bertz CT molecular complexity index is 1310. The second kappa shape index (κ2) is 11.9. The van der Waals surface area contributed by atoms with Gasteiger partial charge < -0.3 is 15.0 Å². The van der Waals surface area contributed by atoms with Gasteiger partial charge in [-0.2, -0.15) is 0 Å². The van der Waals surface area contributed by atoms with E-state index in [4.69, 9.17) is 4.74 Å². The van der Waals surface area contributed by atoms with Crippen molar-refractivity contribution in [3.8, 4) is 11.3 Å². The van der Waals surface area contributed by atoms with Crippen molar-refractivity contribution in [2.75, 3.05) is 0 Å². The summed E-state index contributed by atoms with van der Waals surface area (Å²) in [6, 6.07) is 13.5. The lowest BCUT2D eigenvalue weighted by Gasteiger charge is -2.36. The largest absolute Gasteiger partial charge is 0.449 e. The van der Waals surface area contributed by atoms with Crippen LogP contribution in [0.1, 0.15) is 99.1 Å². The van der Waals surface area contributed by atoms with Crippen molar-refractivity contribution in [2.24, 2.45) is 5.92 Å². The Labute approximate surface area is 229 Å². The molecule has 1 amide bonds. The maximum Gasteiger partial charge on any atom is 0.358 e. The molecule has 0 unspecified atom stereocenters. The number of ether oxygens (including phenoxy) is 1. The third kappa shape index (κ3) is 5.95. The number of benzene rings is 1. The van der Waals surface area contributed by atoms with Gasteiger partial charge in [0.05, 0.1) is 17.9 Å². The monoisotopic (exact) mass is 528 g/mol. The number of carbonyl (C=O) groups is 3. The maximum absolute atomic E-state index is 13.5. The van der Waals surface area contributed by atoms with Crippen molar-refractivity contribution in [3.05, 3.63) is 71.9 Å². The smallest absolute Gasteiger partial charge is 0.358 e. The lowest BCUT2D eigenvalue weighted by molar-refractivity contribution is -0.129. The quantitative estimate of drug-likeness (QED) is 0.240. The fourth-order valence-electron chi connectivity index (χ4n) is 5.80. The fraction of sp³-hybridized carbons (Fsp3) is 0.452. The third-order valence-corrected chi connectivity index (χ3v) is 8.11. The van der Waals surface area contributed by atoms with Crippen LogP contribution in [-0.2, 0) is 19.9 Å². The molecule has 2 aromatic heterocycles. The molecule has 0 bridgehead atoms. The molecule has 39 heavy (non-hydrogen) atoms. The first kappa shape index (κ1) is 26.8. The highest BCUT2D eigenvalue weighted by Gasteiger charge is 2.49. The lowest BCUT2D eigenvalue weighted by atomic mass is 9.75. The standard InChI is InChI=1S/C31H36N4O4/c1-2-23(36)12-7-4-8-14-25(28-33-20-26(34-28)21-10-5-3-6-11-21)35-29(37)22-15-17-31(18-16-22)24-13-9-19-32-27(24)30(38)39-31/h3,5-6,9-11,13,19-20,22,25H,2,4,7-8,12,14-18H2,1H3,(H,33,34)(H,35,37)/t22-,25-,31-/m0/s1. The summed E-state index contributed by atoms with van der Waals surface area (Å²) in [5, 5.41) is 3.27. The molecule has 3 aromatic rings. The molecule has 1 aliphatic heterocycles. The number of Topliss-reactive ketones (excluding diaryl/α,β-unsaturated/α-hetero) is 1. The third-order valence-electron chi connectivity index (χ3n) is 8.11. The van der Waals surface area contributed by atoms with E-state index in [-0.39, 0.29) is 23.8 Å². The van der Waals surface area contributed by atoms with Crippen molar-refractivity contribution in [2.45, 2.75) is 82.8 Å². The van der Waals surface area contributed by atoms with Crippen LogP contribution in [0.25, 0.3) is 11.3 Å². The first-order valence-corrected chi connectivity index (χ1v) is 14.1. The molecule has 1 atom stereocenters. The zero-order chi connectivity index (χ0) is 27.2. The molecule has 1 spiro atoms. The van der Waals surface area contributed by atoms with E-state index < -0.39 is 5.60 Å². The van der Waals surface area contributed by atoms with Gasteiger partial charge in [-0.05, 0) is 50.2 Å². The number of hydrogen-bond donors (Lipinski definition) is 2. The average Bonchev–Trinajstić information content (AvgIpc) is 3.56. The number of pyridine rings is 1. The van der Waals surface area contributed by atoms with E-state index in [0.717, 1.165) is 48.3 Å². The van der Waals surface area contributed by atoms with Crippen LogP contribution in [0.15, 0.2) is 54.9 Å². The van der Waals surface area contributed by atoms with Crippen LogP contribution in [-0.4, -0.2) is 32.6 Å². The molecule has 1 saturated carbocycles. The van der Waals surface area contributed by atoms with Crippen molar-refractivity contribution in [1.29, 1.82) is 0 Å². The zero-order valence-electron chi connectivity index (χ0n) is 22.4. The van der Waals surface area contributed by atoms with E-state index in [9.17, 15) is 14.4 Å². The molecule has 0 radical (unpaired) electrons. The number of fused-ring (bicyclic) bond motifs is 2. The van der Waals surface area contributed by atoms with Crippen LogP contribution in [0.4, 0.5) is 0 Å². The Kier molecular flexibility index (Phi) is 8.19. The number of rotatable bonds is 11. The highest BCUT2D eigenvalue weighted by atomic mass is 16.6. The van der Waals surface area contributed by atoms with E-state index in [0.29, 0.717) is 50.0 Å². The Morgan fingerprint density at radius 1 is 1.08 bits per heavy atom. The summed E-state index contributed by atoms with van der Waals surface area (Å²) in [5.74, 6) is 0.498. The number of nitrogens with one attached hydrogen (secondary N) is 2. The van der Waals surface area contributed by atoms with Gasteiger partial charge in [-0.25, -0.2) is 14.8 Å². The predicted octanol–water partition coefficient (Wildman–Crippen LogP) is 5.81. The number of hydrogen-bond acceptors (Lipinski definition) is 6. The van der Waals surface area contributed by atoms with Gasteiger partial charge in [-0.3, -0.25) is 9.59 Å². The van der Waals surface area contributed by atoms with E-state index in [2.05, 4.69) is 20.3 Å². The number of aromatic amines is 1. The molecule has 8 heteroatoms. The number of carbonyl (C=O) groups excluding carboxylic acids is 3. The van der Waals surface area contributed by atoms with Gasteiger partial charge in [0.1, 0.15) is 17.2 Å². The molecule has 8 nitrogen and oxygen atoms in total. The number of nitrogens with zero attached hydrogens (tertiary/aromatic N) is 2. The Hall–Kier alpha value is -3.81. The van der Waals surface area contributed by atoms with Crippen LogP contribution in [0.5, 0.6) is 0 Å². The minimum atomic E-state index is -0.668. The summed E-state index contributed by atoms with van der Waals surface area (Å²) in [4.78, 5) is 49.8. The lowest BCUT2D eigenvalue weighted by Crippen LogP contribution is -2.40. The van der Waals surface area contributed by atoms with Gasteiger partial charge in [0.25, 0.3) is 0 Å². The summed E-state index contributed by atoms with van der Waals surface area (Å²) in [5.41, 5.74) is 2.52. The van der Waals surface area contributed by atoms with Crippen molar-refractivity contribution in [1.82, 2.24) is 20.3 Å². The average molecular weight is 529 g/mol. The molecule has 5 rings (SSSR count). The Morgan fingerprint density at radius 2 is 1.87 bits per heavy atom. The summed E-state index contributed by atoms with van der Waals surface area (Å²) >= 11 is 0. The summed E-state index contributed by atoms with van der Waals surface area (Å²) in [7, 11) is 0. The topological polar surface area (TPSA) is 114 Å². The van der Waals surface area contributed by atoms with Crippen LogP contribution in [0.3, 0.4) is 0 Å². The van der Waals surface area contributed by atoms with Crippen molar-refractivity contribution < 1.29 is 19.1 Å². The number of amides is 1. The van der Waals surface area contributed by atoms with E-state index >= 15 is 0 Å². The number of imidazole rings is 1. The molecule has 0 saturated heterocycles. The van der Waals surface area contributed by atoms with Gasteiger partial charge >= 0.3 is 5.97 Å². The SMILES string of the molecule is CCC(=O)CCCCC[C@H](NC(=O)[C@H]1CC[C@@]2(CC1)OC(=O)c1ncccc12)c1ncc(-c2ccccc2)[nH]1. The van der Waals surface area contributed by atoms with Crippen LogP contribution in [0.2, 0.25) is 0 Å². The summed E-state index contributed by atoms with van der Waals surface area (Å²) in [6.07, 6.45) is 10.5. The number of H-pyrrole nitrogens is 1. The van der Waals surface area contributed by atoms with Gasteiger partial charge in [0.15, 0.2) is 5.69 Å². The van der Waals surface area contributed by atoms with Crippen LogP contribution >= 0.6 is 0 Å². The van der Waals surface area contributed by atoms with Crippen LogP contribution < -0.4 is 5.32 Å². The van der Waals surface area contributed by atoms with Crippen LogP contribution in [0, 0.1) is 5.92 Å². The predicted molar refractivity (Wildman–Crippen MR) is 147 cm³/mol. The first-order valence-electron chi connectivity index (χ1n) is 14.1. The minimum absolute atomic E-state index is 0.00408. The fourth-order valence-corrected chi connectivity index (χ4v) is 5.80. The van der Waals surface area contributed by atoms with Gasteiger partial charge in [-0.1, -0.05) is 56.2 Å². The number of esters is 1. The molecule has 1 fully saturated rings. The molecule has 3 heterocycles. The molecular weight excluding hydrogens is 492 g/mol. The Morgan fingerprint density at radius 3 is 2.64 bits per heavy atom. The zero-order valence-corrected chi connectivity index (χ0v) is 22.4. The molecule has 1 aromatic carbocycles. The molecule has 2 N–H and O–H groups in total. The second-order valence-corrected chi connectivity index (χ2v) is 10.7.